The highest BCUT2D eigenvalue weighted by atomic mass is 35.5. The van der Waals surface area contributed by atoms with E-state index in [1.165, 1.54) is 6.07 Å². The number of aromatic amines is 1. The summed E-state index contributed by atoms with van der Waals surface area (Å²) >= 11 is 5.86. The summed E-state index contributed by atoms with van der Waals surface area (Å²) in [5, 5.41) is 17.4. The molecule has 0 bridgehead atoms. The molecule has 0 fully saturated rings. The normalized spacial score (nSPS) is 10.6. The fraction of sp³-hybridized carbons (Fsp3) is 0.0588. The lowest BCUT2D eigenvalue weighted by atomic mass is 10.0. The lowest BCUT2D eigenvalue weighted by Gasteiger charge is -2.01. The van der Waals surface area contributed by atoms with Crippen molar-refractivity contribution in [2.45, 2.75) is 6.42 Å². The largest absolute Gasteiger partial charge is 0.507 e. The van der Waals surface area contributed by atoms with Crippen molar-refractivity contribution in [3.63, 3.8) is 0 Å². The van der Waals surface area contributed by atoms with Crippen LogP contribution in [0.4, 0.5) is 0 Å². The standard InChI is InChI=1S/C17H13ClN2O2/c18-12-7-5-11(6-8-12)15-9-13(19-20-15)10-17(22)14-3-1-2-4-16(14)21/h1-9,21H,10H2,(H,19,20). The van der Waals surface area contributed by atoms with Crippen molar-refractivity contribution < 1.29 is 9.90 Å². The van der Waals surface area contributed by atoms with Crippen molar-refractivity contribution in [1.82, 2.24) is 10.2 Å². The van der Waals surface area contributed by atoms with Gasteiger partial charge in [-0.05, 0) is 30.3 Å². The zero-order valence-corrected chi connectivity index (χ0v) is 12.3. The molecular formula is C17H13ClN2O2. The molecule has 0 saturated heterocycles. The smallest absolute Gasteiger partial charge is 0.172 e. The summed E-state index contributed by atoms with van der Waals surface area (Å²) in [6, 6.07) is 15.6. The Hall–Kier alpha value is -2.59. The van der Waals surface area contributed by atoms with Gasteiger partial charge in [-0.15, -0.1) is 0 Å². The minimum atomic E-state index is -0.163. The summed E-state index contributed by atoms with van der Waals surface area (Å²) in [6.45, 7) is 0. The fourth-order valence-corrected chi connectivity index (χ4v) is 2.32. The van der Waals surface area contributed by atoms with Crippen LogP contribution in [-0.4, -0.2) is 21.1 Å². The number of ketones is 1. The second-order valence-electron chi connectivity index (χ2n) is 4.90. The number of carbonyl (C=O) groups excluding carboxylic acids is 1. The van der Waals surface area contributed by atoms with E-state index in [0.717, 1.165) is 11.3 Å². The highest BCUT2D eigenvalue weighted by Crippen LogP contribution is 2.22. The van der Waals surface area contributed by atoms with E-state index in [4.69, 9.17) is 11.6 Å². The van der Waals surface area contributed by atoms with Crippen LogP contribution in [0.1, 0.15) is 16.1 Å². The number of para-hydroxylation sites is 1. The quantitative estimate of drug-likeness (QED) is 0.719. The van der Waals surface area contributed by atoms with Crippen LogP contribution in [0.15, 0.2) is 54.6 Å². The van der Waals surface area contributed by atoms with Gasteiger partial charge in [-0.1, -0.05) is 35.9 Å². The van der Waals surface area contributed by atoms with Gasteiger partial charge >= 0.3 is 0 Å². The van der Waals surface area contributed by atoms with Gasteiger partial charge in [-0.3, -0.25) is 9.89 Å². The summed E-state index contributed by atoms with van der Waals surface area (Å²) in [7, 11) is 0. The van der Waals surface area contributed by atoms with Crippen LogP contribution < -0.4 is 0 Å². The molecule has 0 radical (unpaired) electrons. The summed E-state index contributed by atoms with van der Waals surface area (Å²) in [5.74, 6) is -0.172. The molecule has 22 heavy (non-hydrogen) atoms. The second kappa shape index (κ2) is 6.03. The Bertz CT molecular complexity index is 810. The van der Waals surface area contributed by atoms with E-state index in [-0.39, 0.29) is 18.0 Å². The Labute approximate surface area is 132 Å². The molecule has 0 amide bonds. The highest BCUT2D eigenvalue weighted by Gasteiger charge is 2.13. The van der Waals surface area contributed by atoms with E-state index in [9.17, 15) is 9.90 Å². The van der Waals surface area contributed by atoms with E-state index in [1.807, 2.05) is 18.2 Å². The number of H-pyrrole nitrogens is 1. The molecule has 0 aliphatic carbocycles. The van der Waals surface area contributed by atoms with Crippen LogP contribution >= 0.6 is 11.6 Å². The average Bonchev–Trinajstić information content (AvgIpc) is 2.97. The minimum absolute atomic E-state index is 0.00931. The molecule has 1 aromatic heterocycles. The van der Waals surface area contributed by atoms with E-state index in [0.29, 0.717) is 16.3 Å². The van der Waals surface area contributed by atoms with Crippen molar-refractivity contribution >= 4 is 17.4 Å². The van der Waals surface area contributed by atoms with Crippen LogP contribution in [-0.2, 0) is 6.42 Å². The van der Waals surface area contributed by atoms with Crippen molar-refractivity contribution in [2.75, 3.05) is 0 Å². The minimum Gasteiger partial charge on any atom is -0.507 e. The zero-order chi connectivity index (χ0) is 15.5. The van der Waals surface area contributed by atoms with Crippen molar-refractivity contribution in [3.8, 4) is 17.0 Å². The lowest BCUT2D eigenvalue weighted by molar-refractivity contribution is 0.0989. The molecule has 0 spiro atoms. The van der Waals surface area contributed by atoms with Crippen molar-refractivity contribution in [1.29, 1.82) is 0 Å². The number of benzene rings is 2. The molecule has 0 atom stereocenters. The number of nitrogens with one attached hydrogen (secondary N) is 1. The van der Waals surface area contributed by atoms with Crippen LogP contribution in [0.5, 0.6) is 5.75 Å². The maximum absolute atomic E-state index is 12.2. The SMILES string of the molecule is O=C(Cc1cc(-c2ccc(Cl)cc2)n[nH]1)c1ccccc1O. The molecule has 1 heterocycles. The Balaban J connectivity index is 1.78. The predicted octanol–water partition coefficient (Wildman–Crippen LogP) is 3.86. The van der Waals surface area contributed by atoms with E-state index in [2.05, 4.69) is 10.2 Å². The summed E-state index contributed by atoms with van der Waals surface area (Å²) in [4.78, 5) is 12.2. The van der Waals surface area contributed by atoms with Crippen molar-refractivity contribution in [2.24, 2.45) is 0 Å². The molecular weight excluding hydrogens is 300 g/mol. The second-order valence-corrected chi connectivity index (χ2v) is 5.34. The number of carbonyl (C=O) groups is 1. The number of halogens is 1. The first-order valence-corrected chi connectivity index (χ1v) is 7.13. The zero-order valence-electron chi connectivity index (χ0n) is 11.6. The monoisotopic (exact) mass is 312 g/mol. The summed E-state index contributed by atoms with van der Waals surface area (Å²) in [5.41, 5.74) is 2.67. The lowest BCUT2D eigenvalue weighted by Crippen LogP contribution is -2.04. The van der Waals surface area contributed by atoms with Gasteiger partial charge in [0.25, 0.3) is 0 Å². The topological polar surface area (TPSA) is 66.0 Å². The first-order valence-electron chi connectivity index (χ1n) is 6.75. The van der Waals surface area contributed by atoms with Gasteiger partial charge < -0.3 is 5.11 Å². The maximum atomic E-state index is 12.2. The van der Waals surface area contributed by atoms with Gasteiger partial charge in [0.2, 0.25) is 0 Å². The Kier molecular flexibility index (Phi) is 3.94. The Morgan fingerprint density at radius 2 is 1.86 bits per heavy atom. The van der Waals surface area contributed by atoms with E-state index < -0.39 is 0 Å². The first kappa shape index (κ1) is 14.4. The van der Waals surface area contributed by atoms with Crippen LogP contribution in [0, 0.1) is 0 Å². The molecule has 110 valence electrons. The molecule has 2 N–H and O–H groups in total. The Morgan fingerprint density at radius 3 is 2.59 bits per heavy atom. The predicted molar refractivity (Wildman–Crippen MR) is 85.2 cm³/mol. The molecule has 5 heteroatoms. The first-order chi connectivity index (χ1) is 10.6. The number of hydrogen-bond acceptors (Lipinski definition) is 3. The van der Waals surface area contributed by atoms with E-state index >= 15 is 0 Å². The fourth-order valence-electron chi connectivity index (χ4n) is 2.20. The summed E-state index contributed by atoms with van der Waals surface area (Å²) in [6.07, 6.45) is 0.151. The molecule has 0 aliphatic rings. The third-order valence-electron chi connectivity index (χ3n) is 3.33. The average molecular weight is 313 g/mol. The number of aromatic hydroxyl groups is 1. The number of rotatable bonds is 4. The van der Waals surface area contributed by atoms with Gasteiger partial charge in [0.05, 0.1) is 17.7 Å². The number of phenols is 1. The Morgan fingerprint density at radius 1 is 1.14 bits per heavy atom. The van der Waals surface area contributed by atoms with E-state index in [1.54, 1.807) is 30.3 Å². The highest BCUT2D eigenvalue weighted by molar-refractivity contribution is 6.30. The molecule has 3 rings (SSSR count). The molecule has 0 saturated carbocycles. The maximum Gasteiger partial charge on any atom is 0.172 e. The van der Waals surface area contributed by atoms with Gasteiger partial charge in [0.1, 0.15) is 5.75 Å². The van der Waals surface area contributed by atoms with Crippen LogP contribution in [0.25, 0.3) is 11.3 Å². The number of hydrogen-bond donors (Lipinski definition) is 2. The van der Waals surface area contributed by atoms with Crippen molar-refractivity contribution in [3.05, 3.63) is 70.9 Å². The van der Waals surface area contributed by atoms with Gasteiger partial charge in [0.15, 0.2) is 5.78 Å². The van der Waals surface area contributed by atoms with Crippen LogP contribution in [0.3, 0.4) is 0 Å². The van der Waals surface area contributed by atoms with Crippen LogP contribution in [0.2, 0.25) is 5.02 Å². The molecule has 3 aromatic rings. The van der Waals surface area contributed by atoms with Gasteiger partial charge in [-0.2, -0.15) is 5.10 Å². The molecule has 2 aromatic carbocycles. The molecule has 0 aliphatic heterocycles. The third kappa shape index (κ3) is 3.02. The molecule has 0 unspecified atom stereocenters. The molecule has 4 nitrogen and oxygen atoms in total. The summed E-state index contributed by atoms with van der Waals surface area (Å²) < 4.78 is 0. The third-order valence-corrected chi connectivity index (χ3v) is 3.58. The van der Waals surface area contributed by atoms with Gasteiger partial charge in [0, 0.05) is 16.3 Å². The number of phenolic OH excluding ortho intramolecular Hbond substituents is 1. The van der Waals surface area contributed by atoms with Gasteiger partial charge in [-0.25, -0.2) is 0 Å². The number of nitrogens with zero attached hydrogens (tertiary/aromatic N) is 1. The number of aromatic nitrogens is 2. The number of Topliss-reactive ketones (excluding diaryl/α,β-unsaturated/α-hetero) is 1.